The lowest BCUT2D eigenvalue weighted by molar-refractivity contribution is 0.0483. The number of benzene rings is 2. The third-order valence-corrected chi connectivity index (χ3v) is 8.12. The summed E-state index contributed by atoms with van der Waals surface area (Å²) in [5.41, 5.74) is 1.03. The number of hydrogen-bond donors (Lipinski definition) is 1. The molecule has 0 amide bonds. The lowest BCUT2D eigenvalue weighted by atomic mass is 9.75. The van der Waals surface area contributed by atoms with E-state index in [0.29, 0.717) is 29.3 Å². The van der Waals surface area contributed by atoms with Gasteiger partial charge in [0.05, 0.1) is 11.4 Å². The molecule has 0 aromatic heterocycles. The second-order valence-electron chi connectivity index (χ2n) is 8.32. The average Bonchev–Trinajstić information content (AvgIpc) is 2.68. The molecule has 0 radical (unpaired) electrons. The van der Waals surface area contributed by atoms with Gasteiger partial charge in [-0.05, 0) is 60.4 Å². The first-order valence-electron chi connectivity index (χ1n) is 10.2. The van der Waals surface area contributed by atoms with E-state index in [1.807, 2.05) is 54.6 Å². The summed E-state index contributed by atoms with van der Waals surface area (Å²) in [6.07, 6.45) is 3.32. The number of rotatable bonds is 7. The largest absolute Gasteiger partial charge is 0.311 e. The van der Waals surface area contributed by atoms with Crippen molar-refractivity contribution in [2.45, 2.75) is 52.7 Å². The maximum Gasteiger partial charge on any atom is 0.300 e. The highest BCUT2D eigenvalue weighted by molar-refractivity contribution is 7.65. The molecule has 4 atom stereocenters. The van der Waals surface area contributed by atoms with Gasteiger partial charge < -0.3 is 4.52 Å². The molecule has 28 heavy (non-hydrogen) atoms. The van der Waals surface area contributed by atoms with Crippen LogP contribution in [0.4, 0.5) is 0 Å². The van der Waals surface area contributed by atoms with Crippen molar-refractivity contribution in [1.29, 1.82) is 0 Å². The van der Waals surface area contributed by atoms with Crippen molar-refractivity contribution in [2.75, 3.05) is 0 Å². The summed E-state index contributed by atoms with van der Waals surface area (Å²) in [7, 11) is -3.20. The van der Waals surface area contributed by atoms with E-state index < -0.39 is 7.52 Å². The zero-order valence-electron chi connectivity index (χ0n) is 17.0. The van der Waals surface area contributed by atoms with E-state index in [1.165, 1.54) is 6.42 Å². The second-order valence-corrected chi connectivity index (χ2v) is 10.9. The van der Waals surface area contributed by atoms with E-state index in [0.717, 1.165) is 23.7 Å². The monoisotopic (exact) mass is 419 g/mol. The minimum Gasteiger partial charge on any atom is -0.311 e. The minimum absolute atomic E-state index is 0.00695. The smallest absolute Gasteiger partial charge is 0.300 e. The Balaban J connectivity index is 1.83. The van der Waals surface area contributed by atoms with E-state index >= 15 is 0 Å². The molecule has 1 N–H and O–H groups in total. The lowest BCUT2D eigenvalue weighted by Gasteiger charge is -2.39. The van der Waals surface area contributed by atoms with Gasteiger partial charge in [0.1, 0.15) is 0 Å². The molecule has 1 aliphatic carbocycles. The van der Waals surface area contributed by atoms with E-state index in [1.54, 1.807) is 0 Å². The first-order chi connectivity index (χ1) is 13.4. The average molecular weight is 420 g/mol. The highest BCUT2D eigenvalue weighted by atomic mass is 35.5. The van der Waals surface area contributed by atoms with Crippen LogP contribution in [0.5, 0.6) is 0 Å². The van der Waals surface area contributed by atoms with Gasteiger partial charge in [0.2, 0.25) is 0 Å². The molecule has 0 saturated heterocycles. The molecule has 0 spiro atoms. The summed E-state index contributed by atoms with van der Waals surface area (Å²) >= 11 is 5.99. The molecule has 0 heterocycles. The Labute approximate surface area is 174 Å². The number of hydrogen-bond acceptors (Lipinski definition) is 2. The van der Waals surface area contributed by atoms with Gasteiger partial charge in [0.25, 0.3) is 7.52 Å². The first kappa shape index (κ1) is 21.6. The summed E-state index contributed by atoms with van der Waals surface area (Å²) in [4.78, 5) is 0. The van der Waals surface area contributed by atoms with Gasteiger partial charge >= 0.3 is 0 Å². The Morgan fingerprint density at radius 2 is 1.79 bits per heavy atom. The Bertz CT molecular complexity index is 794. The fourth-order valence-corrected chi connectivity index (χ4v) is 6.12. The third-order valence-electron chi connectivity index (χ3n) is 5.75. The summed E-state index contributed by atoms with van der Waals surface area (Å²) in [5, 5.41) is 4.68. The van der Waals surface area contributed by atoms with Gasteiger partial charge in [-0.15, -0.1) is 0 Å². The molecule has 2 aromatic carbocycles. The molecule has 0 bridgehead atoms. The van der Waals surface area contributed by atoms with Crippen molar-refractivity contribution >= 4 is 24.4 Å². The van der Waals surface area contributed by atoms with Gasteiger partial charge in [-0.3, -0.25) is 4.57 Å². The standard InChI is InChI=1S/C23H31ClNO2P/c1-17(2)22-14-9-18(3)15-23(22)27-28(26,21-7-5-4-6-8-21)25-16-19-10-12-20(24)13-11-19/h4-8,10-13,17-18,22-23H,9,14-16H2,1-3H3,(H,25,26)/t18-,22-,23-,28+/m1/s1. The van der Waals surface area contributed by atoms with Crippen LogP contribution in [-0.4, -0.2) is 6.10 Å². The fraction of sp³-hybridized carbons (Fsp3) is 0.478. The van der Waals surface area contributed by atoms with Crippen LogP contribution >= 0.6 is 19.1 Å². The highest BCUT2D eigenvalue weighted by Gasteiger charge is 2.37. The van der Waals surface area contributed by atoms with Crippen LogP contribution in [0.15, 0.2) is 54.6 Å². The predicted molar refractivity (Wildman–Crippen MR) is 118 cm³/mol. The van der Waals surface area contributed by atoms with Crippen LogP contribution in [0.1, 0.15) is 45.6 Å². The normalized spacial score (nSPS) is 24.8. The van der Waals surface area contributed by atoms with E-state index in [9.17, 15) is 4.57 Å². The van der Waals surface area contributed by atoms with E-state index in [2.05, 4.69) is 25.9 Å². The quantitative estimate of drug-likeness (QED) is 0.526. The Morgan fingerprint density at radius 1 is 1.11 bits per heavy atom. The van der Waals surface area contributed by atoms with Crippen LogP contribution in [-0.2, 0) is 15.6 Å². The van der Waals surface area contributed by atoms with Crippen molar-refractivity contribution in [3.63, 3.8) is 0 Å². The number of nitrogens with one attached hydrogen (secondary N) is 1. The zero-order valence-corrected chi connectivity index (χ0v) is 18.6. The Kier molecular flexibility index (Phi) is 7.39. The first-order valence-corrected chi connectivity index (χ1v) is 12.2. The van der Waals surface area contributed by atoms with Crippen LogP contribution in [0.25, 0.3) is 0 Å². The van der Waals surface area contributed by atoms with Crippen molar-refractivity contribution in [3.8, 4) is 0 Å². The third kappa shape index (κ3) is 5.48. The number of halogens is 1. The summed E-state index contributed by atoms with van der Waals surface area (Å²) < 4.78 is 20.5. The molecule has 2 aromatic rings. The van der Waals surface area contributed by atoms with Crippen LogP contribution in [0, 0.1) is 17.8 Å². The highest BCUT2D eigenvalue weighted by Crippen LogP contribution is 2.48. The molecule has 1 aliphatic rings. The Hall–Kier alpha value is -1.12. The van der Waals surface area contributed by atoms with Crippen molar-refractivity contribution in [3.05, 3.63) is 65.2 Å². The van der Waals surface area contributed by atoms with Crippen LogP contribution < -0.4 is 10.4 Å². The van der Waals surface area contributed by atoms with Gasteiger partial charge in [0, 0.05) is 11.6 Å². The minimum atomic E-state index is -3.20. The fourth-order valence-electron chi connectivity index (χ4n) is 4.04. The molecule has 1 saturated carbocycles. The Morgan fingerprint density at radius 3 is 2.43 bits per heavy atom. The second kappa shape index (κ2) is 9.59. The summed E-state index contributed by atoms with van der Waals surface area (Å²) in [6, 6.07) is 17.2. The maximum atomic E-state index is 14.0. The summed E-state index contributed by atoms with van der Waals surface area (Å²) in [5.74, 6) is 1.55. The topological polar surface area (TPSA) is 38.3 Å². The molecular formula is C23H31ClNO2P. The van der Waals surface area contributed by atoms with Gasteiger partial charge in [-0.2, -0.15) is 0 Å². The molecule has 3 nitrogen and oxygen atoms in total. The van der Waals surface area contributed by atoms with Crippen LogP contribution in [0.3, 0.4) is 0 Å². The molecule has 1 fully saturated rings. The van der Waals surface area contributed by atoms with Crippen molar-refractivity contribution < 1.29 is 9.09 Å². The molecule has 0 unspecified atom stereocenters. The van der Waals surface area contributed by atoms with Gasteiger partial charge in [0.15, 0.2) is 0 Å². The van der Waals surface area contributed by atoms with E-state index in [4.69, 9.17) is 16.1 Å². The van der Waals surface area contributed by atoms with Crippen molar-refractivity contribution in [1.82, 2.24) is 5.09 Å². The zero-order chi connectivity index (χ0) is 20.1. The van der Waals surface area contributed by atoms with Crippen molar-refractivity contribution in [2.24, 2.45) is 17.8 Å². The molecule has 5 heteroatoms. The predicted octanol–water partition coefficient (Wildman–Crippen LogP) is 6.43. The molecule has 0 aliphatic heterocycles. The molecular weight excluding hydrogens is 389 g/mol. The van der Waals surface area contributed by atoms with Gasteiger partial charge in [-0.1, -0.05) is 69.1 Å². The molecule has 152 valence electrons. The molecule has 3 rings (SSSR count). The van der Waals surface area contributed by atoms with Crippen LogP contribution in [0.2, 0.25) is 5.02 Å². The maximum absolute atomic E-state index is 14.0. The van der Waals surface area contributed by atoms with Gasteiger partial charge in [-0.25, -0.2) is 5.09 Å². The van der Waals surface area contributed by atoms with E-state index in [-0.39, 0.29) is 6.10 Å². The SMILES string of the molecule is CC(C)[C@H]1CC[C@@H](C)C[C@H]1O[P@](=O)(NCc1ccc(Cl)cc1)c1ccccc1. The summed E-state index contributed by atoms with van der Waals surface area (Å²) in [6.45, 7) is 7.22. The lowest BCUT2D eigenvalue weighted by Crippen LogP contribution is -2.36.